The Morgan fingerprint density at radius 3 is 2.84 bits per heavy atom. The first-order valence-electron chi connectivity index (χ1n) is 8.90. The Hall–Kier alpha value is -1.82. The third kappa shape index (κ3) is 3.59. The van der Waals surface area contributed by atoms with Gasteiger partial charge in [-0.15, -0.1) is 11.3 Å². The highest BCUT2D eigenvalue weighted by molar-refractivity contribution is 7.10. The molecule has 0 fully saturated rings. The van der Waals surface area contributed by atoms with Crippen LogP contribution >= 0.6 is 11.3 Å². The molecule has 3 rings (SSSR count). The Balaban J connectivity index is 1.64. The summed E-state index contributed by atoms with van der Waals surface area (Å²) in [5.41, 5.74) is 2.26. The van der Waals surface area contributed by atoms with Crippen molar-refractivity contribution in [3.05, 3.63) is 39.6 Å². The number of fused-ring (bicyclic) bond motifs is 1. The van der Waals surface area contributed by atoms with Crippen LogP contribution in [0.2, 0.25) is 0 Å². The Labute approximate surface area is 154 Å². The van der Waals surface area contributed by atoms with Gasteiger partial charge in [0.05, 0.1) is 12.2 Å². The van der Waals surface area contributed by atoms with E-state index in [0.29, 0.717) is 19.0 Å². The summed E-state index contributed by atoms with van der Waals surface area (Å²) in [6, 6.07) is 4.20. The second-order valence-corrected chi connectivity index (χ2v) is 8.72. The van der Waals surface area contributed by atoms with E-state index in [1.54, 1.807) is 11.3 Å². The van der Waals surface area contributed by atoms with Crippen LogP contribution in [-0.2, 0) is 25.4 Å². The second-order valence-electron chi connectivity index (χ2n) is 7.77. The fraction of sp³-hybridized carbons (Fsp3) is 0.579. The highest BCUT2D eigenvalue weighted by atomic mass is 32.1. The molecule has 0 spiro atoms. The molecule has 0 atom stereocenters. The van der Waals surface area contributed by atoms with Crippen LogP contribution < -0.4 is 5.32 Å². The minimum absolute atomic E-state index is 0.00651. The summed E-state index contributed by atoms with van der Waals surface area (Å²) in [6.07, 6.45) is 0.868. The molecule has 0 saturated heterocycles. The summed E-state index contributed by atoms with van der Waals surface area (Å²) >= 11 is 1.74. The number of carbonyl (C=O) groups is 1. The average molecular weight is 361 g/mol. The van der Waals surface area contributed by atoms with E-state index in [0.717, 1.165) is 24.5 Å². The van der Waals surface area contributed by atoms with E-state index < -0.39 is 0 Å². The summed E-state index contributed by atoms with van der Waals surface area (Å²) in [5.74, 6) is 1.50. The predicted octanol–water partition coefficient (Wildman–Crippen LogP) is 3.65. The van der Waals surface area contributed by atoms with Crippen LogP contribution in [0, 0.1) is 0 Å². The maximum Gasteiger partial charge on any atom is 0.317 e. The molecule has 2 aromatic rings. The van der Waals surface area contributed by atoms with Crippen molar-refractivity contribution < 1.29 is 4.79 Å². The third-order valence-electron chi connectivity index (χ3n) is 4.96. The molecule has 2 amide bonds. The maximum absolute atomic E-state index is 12.6. The van der Waals surface area contributed by atoms with E-state index in [4.69, 9.17) is 4.98 Å². The quantitative estimate of drug-likeness (QED) is 0.905. The average Bonchev–Trinajstić information content (AvgIpc) is 3.21. The molecule has 0 radical (unpaired) electrons. The van der Waals surface area contributed by atoms with Crippen molar-refractivity contribution in [1.82, 2.24) is 19.8 Å². The Kier molecular flexibility index (Phi) is 4.91. The lowest BCUT2D eigenvalue weighted by Gasteiger charge is -2.29. The lowest BCUT2D eigenvalue weighted by Crippen LogP contribution is -2.46. The van der Waals surface area contributed by atoms with Crippen LogP contribution in [0.3, 0.4) is 0 Å². The minimum atomic E-state index is -0.0550. The molecule has 1 N–H and O–H groups in total. The van der Waals surface area contributed by atoms with Gasteiger partial charge in [-0.3, -0.25) is 0 Å². The van der Waals surface area contributed by atoms with Crippen molar-refractivity contribution in [1.29, 1.82) is 0 Å². The van der Waals surface area contributed by atoms with Crippen LogP contribution in [0.5, 0.6) is 0 Å². The summed E-state index contributed by atoms with van der Waals surface area (Å²) in [5, 5.41) is 5.20. The lowest BCUT2D eigenvalue weighted by atomic mass is 9.91. The van der Waals surface area contributed by atoms with E-state index in [2.05, 4.69) is 62.1 Å². The maximum atomic E-state index is 12.6. The van der Waals surface area contributed by atoms with Gasteiger partial charge in [-0.05, 0) is 11.4 Å². The Morgan fingerprint density at radius 1 is 1.44 bits per heavy atom. The number of imidazole rings is 1. The highest BCUT2D eigenvalue weighted by Gasteiger charge is 2.28. The topological polar surface area (TPSA) is 50.2 Å². The lowest BCUT2D eigenvalue weighted by molar-refractivity contribution is 0.189. The van der Waals surface area contributed by atoms with E-state index in [1.165, 1.54) is 10.6 Å². The van der Waals surface area contributed by atoms with Gasteiger partial charge in [-0.25, -0.2) is 9.78 Å². The van der Waals surface area contributed by atoms with Crippen LogP contribution in [0.4, 0.5) is 4.79 Å². The number of hydrogen-bond acceptors (Lipinski definition) is 3. The zero-order valence-electron chi connectivity index (χ0n) is 15.8. The fourth-order valence-corrected chi connectivity index (χ4v) is 4.25. The molecule has 5 nitrogen and oxygen atoms in total. The van der Waals surface area contributed by atoms with Crippen molar-refractivity contribution in [2.24, 2.45) is 7.05 Å². The van der Waals surface area contributed by atoms with Gasteiger partial charge in [0.2, 0.25) is 0 Å². The number of thiophene rings is 1. The predicted molar refractivity (Wildman–Crippen MR) is 102 cm³/mol. The zero-order valence-corrected chi connectivity index (χ0v) is 16.6. The number of urea groups is 1. The van der Waals surface area contributed by atoms with E-state index in [1.807, 2.05) is 4.90 Å². The van der Waals surface area contributed by atoms with Crippen molar-refractivity contribution >= 4 is 17.4 Å². The summed E-state index contributed by atoms with van der Waals surface area (Å²) < 4.78 is 2.20. The molecule has 0 aromatic carbocycles. The first kappa shape index (κ1) is 18.0. The van der Waals surface area contributed by atoms with Gasteiger partial charge < -0.3 is 14.8 Å². The molecule has 0 unspecified atom stereocenters. The second kappa shape index (κ2) is 6.83. The van der Waals surface area contributed by atoms with Gasteiger partial charge in [0.25, 0.3) is 0 Å². The molecule has 1 aliphatic heterocycles. The highest BCUT2D eigenvalue weighted by Crippen LogP contribution is 2.27. The molecule has 3 heterocycles. The SMILES string of the molecule is CC(C)c1nc2c(n1C)CCN(C(=O)NCC(C)(C)c1cccs1)C2. The number of nitrogens with zero attached hydrogens (tertiary/aromatic N) is 3. The van der Waals surface area contributed by atoms with Crippen molar-refractivity contribution in [2.75, 3.05) is 13.1 Å². The number of hydrogen-bond donors (Lipinski definition) is 1. The number of rotatable bonds is 4. The van der Waals surface area contributed by atoms with Gasteiger partial charge in [0, 0.05) is 48.5 Å². The first-order chi connectivity index (χ1) is 11.8. The van der Waals surface area contributed by atoms with Gasteiger partial charge in [0.1, 0.15) is 5.82 Å². The van der Waals surface area contributed by atoms with Crippen molar-refractivity contribution in [2.45, 2.75) is 52.0 Å². The van der Waals surface area contributed by atoms with Gasteiger partial charge in [-0.1, -0.05) is 33.8 Å². The smallest absolute Gasteiger partial charge is 0.317 e. The Morgan fingerprint density at radius 2 is 2.20 bits per heavy atom. The largest absolute Gasteiger partial charge is 0.337 e. The zero-order chi connectivity index (χ0) is 18.2. The number of carbonyl (C=O) groups excluding carboxylic acids is 1. The normalized spacial score (nSPS) is 14.7. The molecule has 0 saturated carbocycles. The van der Waals surface area contributed by atoms with Crippen LogP contribution in [0.25, 0.3) is 0 Å². The molecule has 136 valence electrons. The minimum Gasteiger partial charge on any atom is -0.337 e. The molecule has 0 bridgehead atoms. The van der Waals surface area contributed by atoms with E-state index in [9.17, 15) is 4.79 Å². The molecule has 2 aromatic heterocycles. The molecular weight excluding hydrogens is 332 g/mol. The number of amides is 2. The molecular formula is C19H28N4OS. The third-order valence-corrected chi connectivity index (χ3v) is 6.20. The van der Waals surface area contributed by atoms with Crippen molar-refractivity contribution in [3.8, 4) is 0 Å². The van der Waals surface area contributed by atoms with Crippen molar-refractivity contribution in [3.63, 3.8) is 0 Å². The standard InChI is InChI=1S/C19H28N4OS/c1-13(2)17-21-14-11-23(9-8-15(14)22(17)5)18(24)20-12-19(3,4)16-7-6-10-25-16/h6-7,10,13H,8-9,11-12H2,1-5H3,(H,20,24). The number of nitrogens with one attached hydrogen (secondary N) is 1. The van der Waals surface area contributed by atoms with Crippen LogP contribution in [-0.4, -0.2) is 33.6 Å². The summed E-state index contributed by atoms with van der Waals surface area (Å²) in [7, 11) is 2.08. The van der Waals surface area contributed by atoms with Gasteiger partial charge in [0.15, 0.2) is 0 Å². The number of aromatic nitrogens is 2. The molecule has 0 aliphatic carbocycles. The molecule has 1 aliphatic rings. The summed E-state index contributed by atoms with van der Waals surface area (Å²) in [6.45, 7) is 10.6. The van der Waals surface area contributed by atoms with Gasteiger partial charge >= 0.3 is 6.03 Å². The van der Waals surface area contributed by atoms with Crippen LogP contribution in [0.1, 0.15) is 55.7 Å². The molecule has 25 heavy (non-hydrogen) atoms. The fourth-order valence-electron chi connectivity index (χ4n) is 3.40. The van der Waals surface area contributed by atoms with E-state index in [-0.39, 0.29) is 11.4 Å². The monoisotopic (exact) mass is 360 g/mol. The first-order valence-corrected chi connectivity index (χ1v) is 9.78. The van der Waals surface area contributed by atoms with Crippen LogP contribution in [0.15, 0.2) is 17.5 Å². The molecule has 6 heteroatoms. The van der Waals surface area contributed by atoms with Gasteiger partial charge in [-0.2, -0.15) is 0 Å². The Bertz CT molecular complexity index is 746. The van der Waals surface area contributed by atoms with E-state index >= 15 is 0 Å². The summed E-state index contributed by atoms with van der Waals surface area (Å²) in [4.78, 5) is 20.6.